The fourth-order valence-electron chi connectivity index (χ4n) is 2.82. The Morgan fingerprint density at radius 2 is 1.74 bits per heavy atom. The minimum atomic E-state index is 0. The van der Waals surface area contributed by atoms with E-state index in [4.69, 9.17) is 4.74 Å². The van der Waals surface area contributed by atoms with Crippen LogP contribution < -0.4 is 15.4 Å². The average Bonchev–Trinajstić information content (AvgIpc) is 2.72. The molecule has 1 amide bonds. The highest BCUT2D eigenvalue weighted by molar-refractivity contribution is 14.0. The fraction of sp³-hybridized carbons (Fsp3) is 0.417. The van der Waals surface area contributed by atoms with Crippen molar-refractivity contribution in [3.8, 4) is 5.75 Å². The van der Waals surface area contributed by atoms with Gasteiger partial charge in [-0.25, -0.2) is 0 Å². The molecule has 6 nitrogen and oxygen atoms in total. The molecule has 2 aromatic rings. The third-order valence-corrected chi connectivity index (χ3v) is 4.65. The van der Waals surface area contributed by atoms with Gasteiger partial charge in [0.25, 0.3) is 5.91 Å². The number of halogens is 1. The van der Waals surface area contributed by atoms with Crippen molar-refractivity contribution in [3.05, 3.63) is 65.2 Å². The van der Waals surface area contributed by atoms with Crippen molar-refractivity contribution in [2.45, 2.75) is 32.7 Å². The molecule has 0 aliphatic carbocycles. The second kappa shape index (κ2) is 12.5. The summed E-state index contributed by atoms with van der Waals surface area (Å²) in [5.74, 6) is 1.58. The van der Waals surface area contributed by atoms with Crippen LogP contribution in [-0.4, -0.2) is 51.1 Å². The summed E-state index contributed by atoms with van der Waals surface area (Å²) >= 11 is 0. The Hall–Kier alpha value is -2.29. The van der Waals surface area contributed by atoms with Crippen molar-refractivity contribution >= 4 is 35.8 Å². The second-order valence-electron chi connectivity index (χ2n) is 8.38. The lowest BCUT2D eigenvalue weighted by Gasteiger charge is -2.20. The van der Waals surface area contributed by atoms with E-state index in [0.717, 1.165) is 11.3 Å². The molecule has 2 rings (SSSR count). The van der Waals surface area contributed by atoms with E-state index in [1.165, 1.54) is 5.56 Å². The van der Waals surface area contributed by atoms with E-state index in [1.807, 2.05) is 36.4 Å². The topological polar surface area (TPSA) is 66.0 Å². The zero-order valence-electron chi connectivity index (χ0n) is 19.4. The Morgan fingerprint density at radius 1 is 1.06 bits per heavy atom. The van der Waals surface area contributed by atoms with Crippen LogP contribution in [0, 0.1) is 0 Å². The van der Waals surface area contributed by atoms with E-state index in [9.17, 15) is 4.79 Å². The molecule has 0 bridgehead atoms. The highest BCUT2D eigenvalue weighted by Crippen LogP contribution is 2.25. The number of nitrogens with zero attached hydrogens (tertiary/aromatic N) is 2. The molecule has 0 spiro atoms. The van der Waals surface area contributed by atoms with Crippen LogP contribution in [0.3, 0.4) is 0 Å². The number of carbonyl (C=O) groups is 1. The lowest BCUT2D eigenvalue weighted by Crippen LogP contribution is -2.38. The average molecular weight is 538 g/mol. The lowest BCUT2D eigenvalue weighted by molar-refractivity contribution is 0.0827. The first-order valence-electron chi connectivity index (χ1n) is 10.2. The third-order valence-electron chi connectivity index (χ3n) is 4.65. The van der Waals surface area contributed by atoms with Crippen molar-refractivity contribution in [1.29, 1.82) is 0 Å². The number of hydrogen-bond acceptors (Lipinski definition) is 3. The molecule has 0 radical (unpaired) electrons. The van der Waals surface area contributed by atoms with Gasteiger partial charge < -0.3 is 20.3 Å². The summed E-state index contributed by atoms with van der Waals surface area (Å²) in [5, 5.41) is 6.53. The van der Waals surface area contributed by atoms with Crippen LogP contribution in [0.4, 0.5) is 0 Å². The number of benzene rings is 2. The molecule has 0 atom stereocenters. The molecule has 2 aromatic carbocycles. The molecule has 7 heteroatoms. The molecule has 0 aliphatic rings. The second-order valence-corrected chi connectivity index (χ2v) is 8.38. The lowest BCUT2D eigenvalue weighted by atomic mass is 9.87. The first-order valence-corrected chi connectivity index (χ1v) is 10.2. The van der Waals surface area contributed by atoms with Crippen LogP contribution in [0.25, 0.3) is 0 Å². The molecule has 0 heterocycles. The number of aliphatic imine (C=N–C) groups is 1. The Morgan fingerprint density at radius 3 is 2.32 bits per heavy atom. The van der Waals surface area contributed by atoms with Crippen molar-refractivity contribution in [1.82, 2.24) is 15.5 Å². The number of nitrogens with one attached hydrogen (secondary N) is 2. The van der Waals surface area contributed by atoms with Crippen molar-refractivity contribution in [2.24, 2.45) is 4.99 Å². The first kappa shape index (κ1) is 26.7. The minimum Gasteiger partial charge on any atom is -0.492 e. The van der Waals surface area contributed by atoms with Crippen LogP contribution in [0.2, 0.25) is 0 Å². The van der Waals surface area contributed by atoms with Gasteiger partial charge in [0.05, 0.1) is 6.54 Å². The normalized spacial score (nSPS) is 11.4. The molecule has 170 valence electrons. The molecule has 0 fully saturated rings. The van der Waals surface area contributed by atoms with E-state index in [1.54, 1.807) is 26.0 Å². The largest absolute Gasteiger partial charge is 0.492 e. The summed E-state index contributed by atoms with van der Waals surface area (Å²) in [4.78, 5) is 17.8. The summed E-state index contributed by atoms with van der Waals surface area (Å²) in [6, 6.07) is 15.8. The predicted molar refractivity (Wildman–Crippen MR) is 139 cm³/mol. The number of guanidine groups is 1. The van der Waals surface area contributed by atoms with E-state index in [0.29, 0.717) is 31.2 Å². The van der Waals surface area contributed by atoms with Gasteiger partial charge >= 0.3 is 0 Å². The zero-order chi connectivity index (χ0) is 22.1. The van der Waals surface area contributed by atoms with Crippen molar-refractivity contribution < 1.29 is 9.53 Å². The smallest absolute Gasteiger partial charge is 0.253 e. The Balaban J connectivity index is 0.00000480. The maximum atomic E-state index is 12.0. The Kier molecular flexibility index (Phi) is 10.8. The molecule has 0 saturated heterocycles. The minimum absolute atomic E-state index is 0. The van der Waals surface area contributed by atoms with Crippen molar-refractivity contribution in [3.63, 3.8) is 0 Å². The van der Waals surface area contributed by atoms with Gasteiger partial charge in [0.15, 0.2) is 5.96 Å². The number of hydrogen-bond donors (Lipinski definition) is 2. The summed E-state index contributed by atoms with van der Waals surface area (Å²) in [5.41, 5.74) is 3.10. The molecule has 0 aliphatic heterocycles. The van der Waals surface area contributed by atoms with Crippen LogP contribution in [0.1, 0.15) is 42.3 Å². The predicted octanol–water partition coefficient (Wildman–Crippen LogP) is 4.05. The van der Waals surface area contributed by atoms with Gasteiger partial charge in [-0.15, -0.1) is 24.0 Å². The summed E-state index contributed by atoms with van der Waals surface area (Å²) < 4.78 is 5.87. The summed E-state index contributed by atoms with van der Waals surface area (Å²) in [6.07, 6.45) is 0. The zero-order valence-corrected chi connectivity index (χ0v) is 21.7. The maximum Gasteiger partial charge on any atom is 0.253 e. The van der Waals surface area contributed by atoms with Gasteiger partial charge in [-0.3, -0.25) is 9.79 Å². The summed E-state index contributed by atoms with van der Waals surface area (Å²) in [7, 11) is 5.23. The molecular formula is C24H35IN4O2. The Labute approximate surface area is 203 Å². The van der Waals surface area contributed by atoms with E-state index < -0.39 is 0 Å². The van der Waals surface area contributed by atoms with Crippen LogP contribution >= 0.6 is 24.0 Å². The van der Waals surface area contributed by atoms with Gasteiger partial charge in [-0.2, -0.15) is 0 Å². The van der Waals surface area contributed by atoms with E-state index >= 15 is 0 Å². The van der Waals surface area contributed by atoms with Gasteiger partial charge in [0.2, 0.25) is 0 Å². The third kappa shape index (κ3) is 8.77. The summed E-state index contributed by atoms with van der Waals surface area (Å²) in [6.45, 7) is 8.36. The van der Waals surface area contributed by atoms with Crippen LogP contribution in [0.15, 0.2) is 53.5 Å². The fourth-order valence-corrected chi connectivity index (χ4v) is 2.82. The molecule has 0 saturated carbocycles. The van der Waals surface area contributed by atoms with E-state index in [2.05, 4.69) is 48.5 Å². The SMILES string of the molecule is CN=C(NCCOc1cccc(C(C)(C)C)c1)NCc1ccc(C(=O)N(C)C)cc1.I. The number of carbonyl (C=O) groups excluding carboxylic acids is 1. The highest BCUT2D eigenvalue weighted by Gasteiger charge is 2.13. The molecular weight excluding hydrogens is 503 g/mol. The monoisotopic (exact) mass is 538 g/mol. The Bertz CT molecular complexity index is 859. The number of rotatable bonds is 7. The molecule has 31 heavy (non-hydrogen) atoms. The maximum absolute atomic E-state index is 12.0. The van der Waals surface area contributed by atoms with Gasteiger partial charge in [-0.05, 0) is 40.8 Å². The van der Waals surface area contributed by atoms with Crippen molar-refractivity contribution in [2.75, 3.05) is 34.3 Å². The van der Waals surface area contributed by atoms with Gasteiger partial charge in [0.1, 0.15) is 12.4 Å². The quantitative estimate of drug-likeness (QED) is 0.242. The molecule has 2 N–H and O–H groups in total. The number of amides is 1. The number of ether oxygens (including phenoxy) is 1. The van der Waals surface area contributed by atoms with Crippen LogP contribution in [-0.2, 0) is 12.0 Å². The molecule has 0 aromatic heterocycles. The van der Waals surface area contributed by atoms with E-state index in [-0.39, 0.29) is 35.3 Å². The highest BCUT2D eigenvalue weighted by atomic mass is 127. The van der Waals surface area contributed by atoms with Crippen LogP contribution in [0.5, 0.6) is 5.75 Å². The first-order chi connectivity index (χ1) is 14.2. The molecule has 0 unspecified atom stereocenters. The van der Waals surface area contributed by atoms with Gasteiger partial charge in [0, 0.05) is 33.3 Å². The van der Waals surface area contributed by atoms with Gasteiger partial charge in [-0.1, -0.05) is 45.0 Å². The standard InChI is InChI=1S/C24H34N4O2.HI/c1-24(2,3)20-8-7-9-21(16-20)30-15-14-26-23(25-4)27-17-18-10-12-19(13-11-18)22(29)28(5)6;/h7-13,16H,14-15,17H2,1-6H3,(H2,25,26,27);1H.